The van der Waals surface area contributed by atoms with Crippen LogP contribution >= 0.6 is 12.2 Å². The smallest absolute Gasteiger partial charge is 0.140 e. The lowest BCUT2D eigenvalue weighted by molar-refractivity contribution is 0.168. The summed E-state index contributed by atoms with van der Waals surface area (Å²) in [5.41, 5.74) is 3.48. The third-order valence-corrected chi connectivity index (χ3v) is 5.69. The highest BCUT2D eigenvalue weighted by atomic mass is 32.1. The maximum atomic E-state index is 14.5. The minimum Gasteiger partial charge on any atom is -0.394 e. The van der Waals surface area contributed by atoms with Crippen molar-refractivity contribution in [3.05, 3.63) is 53.6 Å². The Labute approximate surface area is 169 Å². The van der Waals surface area contributed by atoms with Crippen LogP contribution < -0.4 is 5.32 Å². The van der Waals surface area contributed by atoms with E-state index in [0.717, 1.165) is 40.6 Å². The SMILES string of the molecule is Cc1cc(F)c(C(=S)NC2CC2)cc1-c1cnc2c(ccn2C(C)(C)CO)c1. The van der Waals surface area contributed by atoms with E-state index in [9.17, 15) is 9.50 Å². The molecule has 1 aromatic carbocycles. The molecule has 0 aliphatic heterocycles. The van der Waals surface area contributed by atoms with Gasteiger partial charge >= 0.3 is 0 Å². The van der Waals surface area contributed by atoms with E-state index in [1.165, 1.54) is 6.07 Å². The van der Waals surface area contributed by atoms with Crippen molar-refractivity contribution in [1.82, 2.24) is 14.9 Å². The summed E-state index contributed by atoms with van der Waals surface area (Å²) in [5.74, 6) is -0.302. The molecule has 0 saturated heterocycles. The predicted molar refractivity (Wildman–Crippen MR) is 114 cm³/mol. The van der Waals surface area contributed by atoms with Crippen LogP contribution in [0.1, 0.15) is 37.8 Å². The number of benzene rings is 1. The Hall–Kier alpha value is -2.31. The molecule has 3 aromatic rings. The van der Waals surface area contributed by atoms with Gasteiger partial charge in [0.1, 0.15) is 16.5 Å². The molecule has 6 heteroatoms. The van der Waals surface area contributed by atoms with E-state index in [-0.39, 0.29) is 12.4 Å². The standard InChI is InChI=1S/C22H24FN3OS/c1-13-8-19(23)18(21(28)25-16-4-5-16)10-17(13)15-9-14-6-7-26(20(14)24-11-15)22(2,3)12-27/h6-11,16,27H,4-5,12H2,1-3H3,(H,25,28). The van der Waals surface area contributed by atoms with Crippen molar-refractivity contribution >= 4 is 28.2 Å². The first-order valence-corrected chi connectivity index (χ1v) is 9.91. The topological polar surface area (TPSA) is 50.1 Å². The van der Waals surface area contributed by atoms with Crippen molar-refractivity contribution in [2.45, 2.75) is 45.2 Å². The molecule has 0 radical (unpaired) electrons. The van der Waals surface area contributed by atoms with Crippen LogP contribution in [0.15, 0.2) is 36.7 Å². The van der Waals surface area contributed by atoms with E-state index in [1.807, 2.05) is 49.7 Å². The van der Waals surface area contributed by atoms with Crippen LogP contribution in [0.5, 0.6) is 0 Å². The van der Waals surface area contributed by atoms with Gasteiger partial charge in [0.2, 0.25) is 0 Å². The molecule has 0 bridgehead atoms. The molecule has 1 aliphatic carbocycles. The molecule has 28 heavy (non-hydrogen) atoms. The van der Waals surface area contributed by atoms with E-state index < -0.39 is 5.54 Å². The van der Waals surface area contributed by atoms with Gasteiger partial charge in [-0.15, -0.1) is 0 Å². The Balaban J connectivity index is 1.76. The minimum atomic E-state index is -0.435. The van der Waals surface area contributed by atoms with Crippen molar-refractivity contribution in [1.29, 1.82) is 0 Å². The molecule has 0 atom stereocenters. The molecule has 4 rings (SSSR count). The second-order valence-electron chi connectivity index (χ2n) is 8.19. The molecule has 0 unspecified atom stereocenters. The molecule has 2 N–H and O–H groups in total. The highest BCUT2D eigenvalue weighted by Crippen LogP contribution is 2.30. The van der Waals surface area contributed by atoms with E-state index in [2.05, 4.69) is 10.3 Å². The maximum Gasteiger partial charge on any atom is 0.140 e. The lowest BCUT2D eigenvalue weighted by Gasteiger charge is -2.24. The molecule has 0 spiro atoms. The Bertz CT molecular complexity index is 1070. The molecule has 0 amide bonds. The lowest BCUT2D eigenvalue weighted by Crippen LogP contribution is -2.29. The fourth-order valence-electron chi connectivity index (χ4n) is 3.38. The summed E-state index contributed by atoms with van der Waals surface area (Å²) in [7, 11) is 0. The Morgan fingerprint density at radius 1 is 1.36 bits per heavy atom. The number of nitrogens with zero attached hydrogens (tertiary/aromatic N) is 2. The molecule has 4 nitrogen and oxygen atoms in total. The van der Waals surface area contributed by atoms with Crippen LogP contribution in [0.25, 0.3) is 22.2 Å². The Morgan fingerprint density at radius 3 is 2.79 bits per heavy atom. The van der Waals surface area contributed by atoms with Crippen LogP contribution in [0, 0.1) is 12.7 Å². The third kappa shape index (κ3) is 3.42. The number of aromatic nitrogens is 2. The predicted octanol–water partition coefficient (Wildman–Crippen LogP) is 4.31. The second-order valence-corrected chi connectivity index (χ2v) is 8.60. The number of halogens is 1. The quantitative estimate of drug-likeness (QED) is 0.630. The molecule has 2 heterocycles. The maximum absolute atomic E-state index is 14.5. The van der Waals surface area contributed by atoms with E-state index in [1.54, 1.807) is 6.20 Å². The largest absolute Gasteiger partial charge is 0.394 e. The first-order valence-electron chi connectivity index (χ1n) is 9.50. The Kier molecular flexibility index (Phi) is 4.71. The molecule has 2 aromatic heterocycles. The number of aliphatic hydroxyl groups excluding tert-OH is 1. The second kappa shape index (κ2) is 6.94. The van der Waals surface area contributed by atoms with Crippen molar-refractivity contribution < 1.29 is 9.50 Å². The summed E-state index contributed by atoms with van der Waals surface area (Å²) in [6, 6.07) is 7.77. The van der Waals surface area contributed by atoms with Crippen molar-refractivity contribution in [3.8, 4) is 11.1 Å². The number of pyridine rings is 1. The van der Waals surface area contributed by atoms with Crippen LogP contribution in [0.3, 0.4) is 0 Å². The van der Waals surface area contributed by atoms with E-state index in [0.29, 0.717) is 16.6 Å². The van der Waals surface area contributed by atoms with Gasteiger partial charge in [0.05, 0.1) is 12.1 Å². The van der Waals surface area contributed by atoms with E-state index >= 15 is 0 Å². The van der Waals surface area contributed by atoms with Crippen molar-refractivity contribution in [2.24, 2.45) is 0 Å². The third-order valence-electron chi connectivity index (χ3n) is 5.35. The summed E-state index contributed by atoms with van der Waals surface area (Å²) in [6.45, 7) is 5.84. The van der Waals surface area contributed by atoms with Gasteiger partial charge in [-0.1, -0.05) is 12.2 Å². The van der Waals surface area contributed by atoms with Gasteiger partial charge < -0.3 is 15.0 Å². The fraction of sp³-hybridized carbons (Fsp3) is 0.364. The van der Waals surface area contributed by atoms with Crippen molar-refractivity contribution in [3.63, 3.8) is 0 Å². The van der Waals surface area contributed by atoms with Gasteiger partial charge in [-0.2, -0.15) is 0 Å². The van der Waals surface area contributed by atoms with Gasteiger partial charge in [0.25, 0.3) is 0 Å². The summed E-state index contributed by atoms with van der Waals surface area (Å²) in [4.78, 5) is 5.10. The zero-order chi connectivity index (χ0) is 20.1. The van der Waals surface area contributed by atoms with Gasteiger partial charge in [0, 0.05) is 34.9 Å². The molecule has 1 fully saturated rings. The van der Waals surface area contributed by atoms with Crippen LogP contribution in [-0.2, 0) is 5.54 Å². The molecule has 1 aliphatic rings. The van der Waals surface area contributed by atoms with Gasteiger partial charge in [-0.25, -0.2) is 9.37 Å². The fourth-order valence-corrected chi connectivity index (χ4v) is 3.71. The lowest BCUT2D eigenvalue weighted by atomic mass is 9.98. The number of nitrogens with one attached hydrogen (secondary N) is 1. The normalized spacial score (nSPS) is 14.5. The monoisotopic (exact) mass is 397 g/mol. The number of fused-ring (bicyclic) bond motifs is 1. The first kappa shape index (κ1) is 19.0. The number of thiocarbonyl (C=S) groups is 1. The zero-order valence-corrected chi connectivity index (χ0v) is 17.1. The van der Waals surface area contributed by atoms with Gasteiger partial charge in [-0.05, 0) is 69.0 Å². The molecule has 146 valence electrons. The summed E-state index contributed by atoms with van der Waals surface area (Å²) < 4.78 is 16.5. The molecular weight excluding hydrogens is 373 g/mol. The number of hydrogen-bond acceptors (Lipinski definition) is 3. The molecular formula is C22H24FN3OS. The minimum absolute atomic E-state index is 0.0199. The highest BCUT2D eigenvalue weighted by molar-refractivity contribution is 7.80. The van der Waals surface area contributed by atoms with Gasteiger partial charge in [-0.3, -0.25) is 0 Å². The van der Waals surface area contributed by atoms with E-state index in [4.69, 9.17) is 12.2 Å². The highest BCUT2D eigenvalue weighted by Gasteiger charge is 2.24. The number of aryl methyl sites for hydroxylation is 1. The first-order chi connectivity index (χ1) is 13.3. The average Bonchev–Trinajstić information content (AvgIpc) is 3.36. The number of rotatable bonds is 5. The van der Waals surface area contributed by atoms with Crippen molar-refractivity contribution in [2.75, 3.05) is 6.61 Å². The number of hydrogen-bond donors (Lipinski definition) is 2. The van der Waals surface area contributed by atoms with Gasteiger partial charge in [0.15, 0.2) is 0 Å². The molecule has 1 saturated carbocycles. The van der Waals surface area contributed by atoms with Crippen LogP contribution in [0.2, 0.25) is 0 Å². The summed E-state index contributed by atoms with van der Waals surface area (Å²) in [6.07, 6.45) is 5.91. The Morgan fingerprint density at radius 2 is 2.11 bits per heavy atom. The average molecular weight is 398 g/mol. The van der Waals surface area contributed by atoms with Crippen LogP contribution in [0.4, 0.5) is 4.39 Å². The summed E-state index contributed by atoms with van der Waals surface area (Å²) >= 11 is 5.42. The van der Waals surface area contributed by atoms with Crippen LogP contribution in [-0.4, -0.2) is 32.3 Å². The number of aliphatic hydroxyl groups is 1. The zero-order valence-electron chi connectivity index (χ0n) is 16.3. The summed E-state index contributed by atoms with van der Waals surface area (Å²) in [5, 5.41) is 13.9.